The van der Waals surface area contributed by atoms with Gasteiger partial charge in [0, 0.05) is 24.9 Å². The first-order valence-corrected chi connectivity index (χ1v) is 16.2. The van der Waals surface area contributed by atoms with Crippen molar-refractivity contribution in [2.75, 3.05) is 25.1 Å². The Balaban J connectivity index is 1.30. The zero-order valence-corrected chi connectivity index (χ0v) is 26.1. The number of aryl methyl sites for hydroxylation is 2. The molecule has 0 bridgehead atoms. The summed E-state index contributed by atoms with van der Waals surface area (Å²) in [5.41, 5.74) is 5.76. The third-order valence-corrected chi connectivity index (χ3v) is 8.30. The SMILES string of the molecule is CCCCOCCOc1ccc(-c2ccc(C)c(/C=C/C(=O)Nc3ccc([S@@+]([O-])Cc4cncn4CCC)cc3)c2)cc1. The number of anilines is 1. The lowest BCUT2D eigenvalue weighted by Gasteiger charge is -2.12. The maximum absolute atomic E-state index is 12.9. The van der Waals surface area contributed by atoms with Gasteiger partial charge in [0.2, 0.25) is 5.91 Å². The summed E-state index contributed by atoms with van der Waals surface area (Å²) in [6, 6.07) is 21.4. The van der Waals surface area contributed by atoms with E-state index in [1.807, 2.05) is 41.8 Å². The van der Waals surface area contributed by atoms with Gasteiger partial charge in [-0.2, -0.15) is 0 Å². The molecule has 43 heavy (non-hydrogen) atoms. The van der Waals surface area contributed by atoms with Crippen molar-refractivity contribution >= 4 is 28.8 Å². The number of rotatable bonds is 16. The van der Waals surface area contributed by atoms with Crippen LogP contribution in [0.15, 0.2) is 90.2 Å². The van der Waals surface area contributed by atoms with Crippen LogP contribution in [-0.2, 0) is 33.0 Å². The molecule has 4 aromatic rings. The van der Waals surface area contributed by atoms with E-state index in [9.17, 15) is 9.35 Å². The lowest BCUT2D eigenvalue weighted by molar-refractivity contribution is -0.111. The summed E-state index contributed by atoms with van der Waals surface area (Å²) in [6.07, 6.45) is 10.1. The highest BCUT2D eigenvalue weighted by Gasteiger charge is 2.15. The number of carbonyl (C=O) groups is 1. The van der Waals surface area contributed by atoms with E-state index >= 15 is 0 Å². The number of aromatic nitrogens is 2. The van der Waals surface area contributed by atoms with E-state index in [-0.39, 0.29) is 5.91 Å². The molecule has 8 heteroatoms. The van der Waals surface area contributed by atoms with Crippen molar-refractivity contribution in [2.45, 2.75) is 57.2 Å². The molecule has 1 atom stereocenters. The third-order valence-electron chi connectivity index (χ3n) is 6.95. The largest absolute Gasteiger partial charge is 0.611 e. The average Bonchev–Trinajstić information content (AvgIpc) is 3.45. The molecule has 0 unspecified atom stereocenters. The van der Waals surface area contributed by atoms with Gasteiger partial charge < -0.3 is 23.9 Å². The smallest absolute Gasteiger partial charge is 0.248 e. The fourth-order valence-corrected chi connectivity index (χ4v) is 5.59. The van der Waals surface area contributed by atoms with Crippen LogP contribution >= 0.6 is 0 Å². The molecular weight excluding hydrogens is 558 g/mol. The number of carbonyl (C=O) groups excluding carboxylic acids is 1. The molecular formula is C35H41N3O4S. The Kier molecular flexibility index (Phi) is 12.5. The zero-order chi connectivity index (χ0) is 30.4. The van der Waals surface area contributed by atoms with Gasteiger partial charge in [-0.25, -0.2) is 4.98 Å². The highest BCUT2D eigenvalue weighted by Crippen LogP contribution is 2.26. The molecule has 1 aromatic heterocycles. The van der Waals surface area contributed by atoms with Crippen LogP contribution in [0.5, 0.6) is 5.75 Å². The maximum atomic E-state index is 12.9. The molecule has 1 heterocycles. The van der Waals surface area contributed by atoms with Gasteiger partial charge in [0.15, 0.2) is 10.6 Å². The highest BCUT2D eigenvalue weighted by atomic mass is 32.2. The van der Waals surface area contributed by atoms with E-state index in [4.69, 9.17) is 9.47 Å². The Morgan fingerprint density at radius 2 is 1.74 bits per heavy atom. The fourth-order valence-electron chi connectivity index (χ4n) is 4.48. The molecule has 0 spiro atoms. The number of amides is 1. The van der Waals surface area contributed by atoms with Crippen molar-refractivity contribution < 1.29 is 18.8 Å². The number of benzene rings is 3. The molecule has 7 nitrogen and oxygen atoms in total. The van der Waals surface area contributed by atoms with E-state index in [1.165, 1.54) is 6.08 Å². The van der Waals surface area contributed by atoms with Crippen LogP contribution in [-0.4, -0.2) is 39.8 Å². The second-order valence-corrected chi connectivity index (χ2v) is 11.8. The van der Waals surface area contributed by atoms with Crippen LogP contribution in [0.25, 0.3) is 17.2 Å². The number of hydrogen-bond acceptors (Lipinski definition) is 5. The van der Waals surface area contributed by atoms with E-state index in [1.54, 1.807) is 36.8 Å². The Morgan fingerprint density at radius 1 is 0.977 bits per heavy atom. The molecule has 0 aliphatic carbocycles. The molecule has 226 valence electrons. The Morgan fingerprint density at radius 3 is 2.49 bits per heavy atom. The first-order valence-electron chi connectivity index (χ1n) is 14.8. The normalized spacial score (nSPS) is 12.0. The average molecular weight is 600 g/mol. The van der Waals surface area contributed by atoms with Gasteiger partial charge in [-0.05, 0) is 102 Å². The Bertz CT molecular complexity index is 1470. The Labute approximate surface area is 258 Å². The third kappa shape index (κ3) is 9.85. The van der Waals surface area contributed by atoms with Gasteiger partial charge in [0.05, 0.1) is 24.8 Å². The minimum Gasteiger partial charge on any atom is -0.611 e. The number of imidazole rings is 1. The molecule has 0 aliphatic heterocycles. The van der Waals surface area contributed by atoms with Gasteiger partial charge in [0.1, 0.15) is 12.4 Å². The van der Waals surface area contributed by atoms with Gasteiger partial charge in [0.25, 0.3) is 0 Å². The van der Waals surface area contributed by atoms with Crippen LogP contribution < -0.4 is 10.1 Å². The highest BCUT2D eigenvalue weighted by molar-refractivity contribution is 7.90. The molecule has 0 saturated heterocycles. The number of hydrogen-bond donors (Lipinski definition) is 1. The fraction of sp³-hybridized carbons (Fsp3) is 0.314. The molecule has 3 aromatic carbocycles. The molecule has 1 amide bonds. The summed E-state index contributed by atoms with van der Waals surface area (Å²) in [6.45, 7) is 9.01. The summed E-state index contributed by atoms with van der Waals surface area (Å²) < 4.78 is 26.3. The first kappa shape index (κ1) is 32.1. The molecule has 0 aliphatic rings. The monoisotopic (exact) mass is 599 g/mol. The van der Waals surface area contributed by atoms with Crippen molar-refractivity contribution in [2.24, 2.45) is 0 Å². The second kappa shape index (κ2) is 16.7. The van der Waals surface area contributed by atoms with Crippen molar-refractivity contribution in [1.82, 2.24) is 9.55 Å². The summed E-state index contributed by atoms with van der Waals surface area (Å²) in [4.78, 5) is 17.6. The van der Waals surface area contributed by atoms with Crippen LogP contribution in [0.2, 0.25) is 0 Å². The maximum Gasteiger partial charge on any atom is 0.248 e. The van der Waals surface area contributed by atoms with Gasteiger partial charge >= 0.3 is 0 Å². The standard InChI is InChI=1S/C35H41N3O4S/c1-4-6-20-41-21-22-42-33-14-9-28(10-15-33)30-8-7-27(3)29(23-30)11-18-35(39)37-31-12-16-34(17-13-31)43(40)25-32-24-36-26-38(32)19-5-2/h7-18,23-24,26H,4-6,19-22,25H2,1-3H3,(H,37,39)/b18-11+/t43-/m0/s1. The Hall–Kier alpha value is -3.85. The number of unbranched alkanes of at least 4 members (excludes halogenated alkanes) is 1. The molecule has 1 N–H and O–H groups in total. The van der Waals surface area contributed by atoms with Crippen molar-refractivity contribution in [3.8, 4) is 16.9 Å². The summed E-state index contributed by atoms with van der Waals surface area (Å²) in [7, 11) is 0. The van der Waals surface area contributed by atoms with Crippen LogP contribution in [0.3, 0.4) is 0 Å². The summed E-state index contributed by atoms with van der Waals surface area (Å²) >= 11 is -1.20. The topological polar surface area (TPSA) is 88.4 Å². The minimum absolute atomic E-state index is 0.234. The lowest BCUT2D eigenvalue weighted by atomic mass is 9.99. The number of nitrogens with one attached hydrogen (secondary N) is 1. The quantitative estimate of drug-likeness (QED) is 0.0822. The number of nitrogens with zero attached hydrogens (tertiary/aromatic N) is 2. The second-order valence-electron chi connectivity index (χ2n) is 10.3. The van der Waals surface area contributed by atoms with Gasteiger partial charge in [-0.1, -0.05) is 44.5 Å². The van der Waals surface area contributed by atoms with E-state index in [2.05, 4.69) is 42.3 Å². The zero-order valence-electron chi connectivity index (χ0n) is 25.3. The molecule has 0 radical (unpaired) electrons. The van der Waals surface area contributed by atoms with E-state index in [0.29, 0.717) is 29.5 Å². The van der Waals surface area contributed by atoms with Gasteiger partial charge in [-0.3, -0.25) is 4.79 Å². The van der Waals surface area contributed by atoms with Crippen molar-refractivity contribution in [3.05, 3.63) is 102 Å². The molecule has 4 rings (SSSR count). The van der Waals surface area contributed by atoms with Crippen molar-refractivity contribution in [3.63, 3.8) is 0 Å². The van der Waals surface area contributed by atoms with E-state index < -0.39 is 11.2 Å². The minimum atomic E-state index is -1.20. The van der Waals surface area contributed by atoms with Crippen LogP contribution in [0, 0.1) is 6.92 Å². The lowest BCUT2D eigenvalue weighted by Crippen LogP contribution is -2.11. The van der Waals surface area contributed by atoms with Crippen LogP contribution in [0.4, 0.5) is 5.69 Å². The molecule has 0 saturated carbocycles. The summed E-state index contributed by atoms with van der Waals surface area (Å²) in [5.74, 6) is 0.979. The summed E-state index contributed by atoms with van der Waals surface area (Å²) in [5, 5.41) is 2.89. The molecule has 0 fully saturated rings. The predicted octanol–water partition coefficient (Wildman–Crippen LogP) is 7.42. The first-order chi connectivity index (χ1) is 21.0. The number of ether oxygens (including phenoxy) is 2. The van der Waals surface area contributed by atoms with Crippen LogP contribution in [0.1, 0.15) is 49.9 Å². The van der Waals surface area contributed by atoms with Crippen molar-refractivity contribution in [1.29, 1.82) is 0 Å². The van der Waals surface area contributed by atoms with E-state index in [0.717, 1.165) is 66.1 Å². The predicted molar refractivity (Wildman–Crippen MR) is 175 cm³/mol. The van der Waals surface area contributed by atoms with Gasteiger partial charge in [-0.15, -0.1) is 0 Å².